The van der Waals surface area contributed by atoms with E-state index in [9.17, 15) is 19.5 Å². The van der Waals surface area contributed by atoms with Crippen molar-refractivity contribution in [2.45, 2.75) is 63.8 Å². The van der Waals surface area contributed by atoms with E-state index in [4.69, 9.17) is 5.21 Å². The van der Waals surface area contributed by atoms with Crippen LogP contribution in [0.5, 0.6) is 0 Å². The van der Waals surface area contributed by atoms with E-state index in [0.29, 0.717) is 6.42 Å². The molecule has 0 fully saturated rings. The first-order valence-electron chi connectivity index (χ1n) is 9.00. The number of carboxylic acid groups (broad SMARTS) is 1. The molecule has 1 rings (SSSR count). The molecule has 2 amide bonds. The Balaban J connectivity index is 0.00000676. The molecule has 144 valence electrons. The Morgan fingerprint density at radius 1 is 0.963 bits per heavy atom. The number of carbonyl (C=O) groups is 3. The number of benzene rings is 1. The first kappa shape index (κ1) is 25.6. The average molecular weight is 386 g/mol. The third-order valence-corrected chi connectivity index (χ3v) is 4.11. The van der Waals surface area contributed by atoms with E-state index in [-0.39, 0.29) is 54.7 Å². The van der Waals surface area contributed by atoms with Gasteiger partial charge < -0.3 is 15.2 Å². The summed E-state index contributed by atoms with van der Waals surface area (Å²) >= 11 is 0. The molecule has 0 radical (unpaired) electrons. The molecule has 1 aromatic carbocycles. The average Bonchev–Trinajstić information content (AvgIpc) is 2.64. The number of nitrogens with one attached hydrogen (secondary N) is 2. The molecule has 0 saturated carbocycles. The third-order valence-electron chi connectivity index (χ3n) is 4.11. The van der Waals surface area contributed by atoms with Crippen LogP contribution in [0.1, 0.15) is 56.9 Å². The third kappa shape index (κ3) is 12.6. The zero-order valence-corrected chi connectivity index (χ0v) is 17.9. The fraction of sp³-hybridized carbons (Fsp3) is 0.526. The summed E-state index contributed by atoms with van der Waals surface area (Å²) in [5, 5.41) is 21.6. The molecular formula is C19H27N2NaO5. The molecule has 8 heteroatoms. The van der Waals surface area contributed by atoms with Crippen LogP contribution < -0.4 is 45.5 Å². The second-order valence-corrected chi connectivity index (χ2v) is 6.26. The van der Waals surface area contributed by atoms with Crippen molar-refractivity contribution in [1.82, 2.24) is 10.8 Å². The van der Waals surface area contributed by atoms with Gasteiger partial charge in [0.05, 0.1) is 0 Å². The molecule has 0 aliphatic carbocycles. The molecule has 27 heavy (non-hydrogen) atoms. The smallest absolute Gasteiger partial charge is 0.550 e. The van der Waals surface area contributed by atoms with Crippen molar-refractivity contribution in [1.29, 1.82) is 0 Å². The van der Waals surface area contributed by atoms with E-state index in [1.807, 2.05) is 18.2 Å². The van der Waals surface area contributed by atoms with Crippen molar-refractivity contribution in [3.8, 4) is 0 Å². The van der Waals surface area contributed by atoms with Crippen LogP contribution in [0.2, 0.25) is 0 Å². The van der Waals surface area contributed by atoms with Gasteiger partial charge in [0.2, 0.25) is 5.91 Å². The van der Waals surface area contributed by atoms with Gasteiger partial charge in [0.1, 0.15) is 6.04 Å². The molecule has 0 aromatic heterocycles. The molecule has 0 bridgehead atoms. The Morgan fingerprint density at radius 3 is 2.22 bits per heavy atom. The monoisotopic (exact) mass is 386 g/mol. The van der Waals surface area contributed by atoms with Gasteiger partial charge in [0, 0.05) is 12.4 Å². The molecular weight excluding hydrogens is 359 g/mol. The van der Waals surface area contributed by atoms with Gasteiger partial charge in [-0.05, 0) is 37.7 Å². The van der Waals surface area contributed by atoms with Gasteiger partial charge in [-0.25, -0.2) is 5.48 Å². The second-order valence-electron chi connectivity index (χ2n) is 6.26. The van der Waals surface area contributed by atoms with Crippen LogP contribution in [0.15, 0.2) is 30.3 Å². The fourth-order valence-corrected chi connectivity index (χ4v) is 2.67. The Kier molecular flexibility index (Phi) is 14.8. The predicted molar refractivity (Wildman–Crippen MR) is 93.9 cm³/mol. The van der Waals surface area contributed by atoms with Gasteiger partial charge in [0.25, 0.3) is 5.91 Å². The summed E-state index contributed by atoms with van der Waals surface area (Å²) in [5.74, 6) is -2.48. The molecule has 0 heterocycles. The second kappa shape index (κ2) is 15.6. The molecule has 0 unspecified atom stereocenters. The normalized spacial score (nSPS) is 11.1. The number of unbranched alkanes of at least 4 members (excludes halogenated alkanes) is 4. The van der Waals surface area contributed by atoms with Crippen LogP contribution >= 0.6 is 0 Å². The van der Waals surface area contributed by atoms with Crippen LogP contribution in [0.3, 0.4) is 0 Å². The van der Waals surface area contributed by atoms with Crippen molar-refractivity contribution in [2.75, 3.05) is 0 Å². The minimum absolute atomic E-state index is 0. The first-order valence-corrected chi connectivity index (χ1v) is 9.00. The summed E-state index contributed by atoms with van der Waals surface area (Å²) in [7, 11) is 0. The molecule has 0 spiro atoms. The van der Waals surface area contributed by atoms with Crippen LogP contribution in [0, 0.1) is 0 Å². The molecule has 0 aliphatic heterocycles. The minimum Gasteiger partial charge on any atom is -0.550 e. The molecule has 1 atom stereocenters. The number of hydrogen-bond acceptors (Lipinski definition) is 5. The number of hydroxylamine groups is 1. The Morgan fingerprint density at radius 2 is 1.59 bits per heavy atom. The Bertz CT molecular complexity index is 568. The van der Waals surface area contributed by atoms with E-state index < -0.39 is 17.9 Å². The molecule has 3 N–H and O–H groups in total. The van der Waals surface area contributed by atoms with Crippen LogP contribution in [-0.4, -0.2) is 29.0 Å². The maximum Gasteiger partial charge on any atom is 1.00 e. The predicted octanol–water partition coefficient (Wildman–Crippen LogP) is -1.91. The van der Waals surface area contributed by atoms with E-state index in [1.54, 1.807) is 0 Å². The van der Waals surface area contributed by atoms with E-state index >= 15 is 0 Å². The topological polar surface area (TPSA) is 119 Å². The standard InChI is InChI=1S/C19H28N2O5.Na/c22-17(20-16(19(25)21-26)13-14-18(23)24)12-8-3-1-2-5-9-15-10-6-4-7-11-15;/h4,6-7,10-11,16,26H,1-3,5,8-9,12-14H2,(H,20,22)(H,21,25)(H,23,24);/q;+1/p-1/t16-;/m1./s1. The van der Waals surface area contributed by atoms with E-state index in [2.05, 4.69) is 17.4 Å². The first-order chi connectivity index (χ1) is 12.5. The van der Waals surface area contributed by atoms with Crippen LogP contribution in [0.4, 0.5) is 0 Å². The molecule has 0 saturated heterocycles. The summed E-state index contributed by atoms with van der Waals surface area (Å²) in [4.78, 5) is 33.8. The van der Waals surface area contributed by atoms with E-state index in [0.717, 1.165) is 32.1 Å². The number of hydrogen-bond donors (Lipinski definition) is 3. The quantitative estimate of drug-likeness (QED) is 0.158. The number of rotatable bonds is 13. The molecule has 1 aromatic rings. The number of aliphatic carboxylic acids is 1. The summed E-state index contributed by atoms with van der Waals surface area (Å²) < 4.78 is 0. The summed E-state index contributed by atoms with van der Waals surface area (Å²) in [6, 6.07) is 9.22. The number of carbonyl (C=O) groups excluding carboxylic acids is 3. The zero-order valence-electron chi connectivity index (χ0n) is 15.9. The van der Waals surface area contributed by atoms with Gasteiger partial charge in [0.15, 0.2) is 0 Å². The summed E-state index contributed by atoms with van der Waals surface area (Å²) in [6.45, 7) is 0. The fourth-order valence-electron chi connectivity index (χ4n) is 2.67. The largest absolute Gasteiger partial charge is 1.00 e. The Hall–Kier alpha value is -1.41. The van der Waals surface area contributed by atoms with Gasteiger partial charge in [-0.3, -0.25) is 14.8 Å². The number of aryl methyl sites for hydroxylation is 1. The van der Waals surface area contributed by atoms with Crippen molar-refractivity contribution < 1.29 is 54.3 Å². The zero-order chi connectivity index (χ0) is 19.2. The van der Waals surface area contributed by atoms with Gasteiger partial charge in [-0.15, -0.1) is 0 Å². The maximum absolute atomic E-state index is 11.9. The molecule has 7 nitrogen and oxygen atoms in total. The van der Waals surface area contributed by atoms with Crippen LogP contribution in [0.25, 0.3) is 0 Å². The van der Waals surface area contributed by atoms with Crippen molar-refractivity contribution in [3.05, 3.63) is 35.9 Å². The number of amides is 2. The van der Waals surface area contributed by atoms with Gasteiger partial charge in [-0.1, -0.05) is 49.6 Å². The van der Waals surface area contributed by atoms with Gasteiger partial charge in [-0.2, -0.15) is 0 Å². The van der Waals surface area contributed by atoms with E-state index in [1.165, 1.54) is 11.0 Å². The van der Waals surface area contributed by atoms with Crippen molar-refractivity contribution in [2.24, 2.45) is 0 Å². The summed E-state index contributed by atoms with van der Waals surface area (Å²) in [6.07, 6.45) is 5.67. The van der Waals surface area contributed by atoms with Crippen molar-refractivity contribution >= 4 is 17.8 Å². The molecule has 0 aliphatic rings. The Labute approximate surface area is 182 Å². The van der Waals surface area contributed by atoms with Crippen LogP contribution in [-0.2, 0) is 20.8 Å². The number of carboxylic acids is 1. The van der Waals surface area contributed by atoms with Gasteiger partial charge >= 0.3 is 29.6 Å². The summed E-state index contributed by atoms with van der Waals surface area (Å²) in [5.41, 5.74) is 2.76. The maximum atomic E-state index is 11.9. The minimum atomic E-state index is -1.31. The SMILES string of the molecule is O=C([O-])CC[C@@H](NC(=O)CCCCCCCc1ccccc1)C(=O)NO.[Na+]. The van der Waals surface area contributed by atoms with Crippen molar-refractivity contribution in [3.63, 3.8) is 0 Å².